The molecule has 0 aliphatic rings. The third-order valence-corrected chi connectivity index (χ3v) is 6.91. The van der Waals surface area contributed by atoms with Crippen LogP contribution in [0.5, 0.6) is 0 Å². The van der Waals surface area contributed by atoms with Crippen molar-refractivity contribution < 1.29 is 13.2 Å². The van der Waals surface area contributed by atoms with Crippen LogP contribution in [0.1, 0.15) is 10.4 Å². The fraction of sp³-hybridized carbons (Fsp3) is 0.150. The Labute approximate surface area is 182 Å². The summed E-state index contributed by atoms with van der Waals surface area (Å²) in [5.41, 5.74) is 0.893. The van der Waals surface area contributed by atoms with Gasteiger partial charge in [-0.3, -0.25) is 14.4 Å². The average molecular weight is 461 g/mol. The summed E-state index contributed by atoms with van der Waals surface area (Å²) in [4.78, 5) is 19.6. The number of aromatic nitrogens is 3. The quantitative estimate of drug-likeness (QED) is 0.435. The topological polar surface area (TPSA) is 85.2 Å². The molecule has 2 aromatic carbocycles. The lowest BCUT2D eigenvalue weighted by Crippen LogP contribution is -2.34. The Hall–Kier alpha value is -2.75. The van der Waals surface area contributed by atoms with Crippen LogP contribution in [0.2, 0.25) is 5.02 Å². The van der Waals surface area contributed by atoms with Gasteiger partial charge in [-0.2, -0.15) is 5.10 Å². The Balaban J connectivity index is 1.74. The molecular weight excluding hydrogens is 444 g/mol. The molecule has 0 aliphatic heterocycles. The van der Waals surface area contributed by atoms with E-state index in [1.807, 2.05) is 18.3 Å². The van der Waals surface area contributed by atoms with Gasteiger partial charge in [-0.1, -0.05) is 35.1 Å². The summed E-state index contributed by atoms with van der Waals surface area (Å²) in [6.45, 7) is 0.759. The number of anilines is 1. The fourth-order valence-corrected chi connectivity index (χ4v) is 4.91. The van der Waals surface area contributed by atoms with E-state index < -0.39 is 9.84 Å². The van der Waals surface area contributed by atoms with Gasteiger partial charge < -0.3 is 0 Å². The van der Waals surface area contributed by atoms with Crippen molar-refractivity contribution in [1.29, 1.82) is 0 Å². The summed E-state index contributed by atoms with van der Waals surface area (Å²) in [7, 11) is -3.44. The number of para-hydroxylation sites is 1. The highest BCUT2D eigenvalue weighted by Crippen LogP contribution is 2.33. The molecule has 0 N–H and O–H groups in total. The predicted octanol–water partition coefficient (Wildman–Crippen LogP) is 3.90. The minimum absolute atomic E-state index is 0.0905. The van der Waals surface area contributed by atoms with Gasteiger partial charge in [-0.25, -0.2) is 13.4 Å². The zero-order chi connectivity index (χ0) is 21.3. The van der Waals surface area contributed by atoms with Gasteiger partial charge in [0.05, 0.1) is 21.2 Å². The lowest BCUT2D eigenvalue weighted by molar-refractivity contribution is 0.0985. The average Bonchev–Trinajstić information content (AvgIpc) is 3.38. The molecule has 1 amide bonds. The van der Waals surface area contributed by atoms with Crippen molar-refractivity contribution >= 4 is 54.0 Å². The first-order valence-corrected chi connectivity index (χ1v) is 12.1. The zero-order valence-corrected chi connectivity index (χ0v) is 18.3. The first kappa shape index (κ1) is 20.5. The van der Waals surface area contributed by atoms with Crippen LogP contribution < -0.4 is 4.90 Å². The molecule has 10 heteroatoms. The van der Waals surface area contributed by atoms with Crippen molar-refractivity contribution in [1.82, 2.24) is 14.8 Å². The van der Waals surface area contributed by atoms with E-state index in [9.17, 15) is 13.2 Å². The van der Waals surface area contributed by atoms with Gasteiger partial charge >= 0.3 is 0 Å². The van der Waals surface area contributed by atoms with Crippen molar-refractivity contribution in [3.8, 4) is 0 Å². The van der Waals surface area contributed by atoms with Crippen LogP contribution in [0.25, 0.3) is 10.2 Å². The second-order valence-electron chi connectivity index (χ2n) is 6.61. The number of rotatable bonds is 6. The van der Waals surface area contributed by atoms with E-state index in [0.717, 1.165) is 11.0 Å². The highest BCUT2D eigenvalue weighted by molar-refractivity contribution is 7.90. The summed E-state index contributed by atoms with van der Waals surface area (Å²) in [6.07, 6.45) is 4.59. The van der Waals surface area contributed by atoms with E-state index in [2.05, 4.69) is 10.1 Å². The number of amides is 1. The SMILES string of the molecule is CS(=O)(=O)c1cccc(C(=O)N(CCn2cccn2)c2nc3c(Cl)cccc3s2)c1. The smallest absolute Gasteiger partial charge is 0.260 e. The van der Waals surface area contributed by atoms with Gasteiger partial charge in [-0.05, 0) is 36.4 Å². The van der Waals surface area contributed by atoms with E-state index in [-0.39, 0.29) is 16.4 Å². The van der Waals surface area contributed by atoms with E-state index in [1.165, 1.54) is 28.4 Å². The van der Waals surface area contributed by atoms with Crippen molar-refractivity contribution in [2.75, 3.05) is 17.7 Å². The molecule has 0 saturated heterocycles. The molecular formula is C20H17ClN4O3S2. The Morgan fingerprint density at radius 1 is 1.20 bits per heavy atom. The molecule has 0 aliphatic carbocycles. The summed E-state index contributed by atoms with van der Waals surface area (Å²) >= 11 is 7.61. The summed E-state index contributed by atoms with van der Waals surface area (Å²) in [5.74, 6) is -0.345. The number of hydrogen-bond acceptors (Lipinski definition) is 6. The number of halogens is 1. The largest absolute Gasteiger partial charge is 0.282 e. The molecule has 2 heterocycles. The van der Waals surface area contributed by atoms with Gasteiger partial charge in [0, 0.05) is 30.8 Å². The van der Waals surface area contributed by atoms with Gasteiger partial charge in [0.15, 0.2) is 15.0 Å². The van der Waals surface area contributed by atoms with Crippen molar-refractivity contribution in [2.45, 2.75) is 11.4 Å². The first-order valence-electron chi connectivity index (χ1n) is 8.97. The Morgan fingerprint density at radius 3 is 2.70 bits per heavy atom. The van der Waals surface area contributed by atoms with Crippen LogP contribution in [0.15, 0.2) is 65.8 Å². The highest BCUT2D eigenvalue weighted by Gasteiger charge is 2.23. The highest BCUT2D eigenvalue weighted by atomic mass is 35.5. The molecule has 4 aromatic rings. The standard InChI is InChI=1S/C20H17ClN4O3S2/c1-30(27,28)15-6-2-5-14(13-15)19(26)25(12-11-24-10-4-9-22-24)20-23-18-16(21)7-3-8-17(18)29-20/h2-10,13H,11-12H2,1H3. The van der Waals surface area contributed by atoms with E-state index in [4.69, 9.17) is 11.6 Å². The van der Waals surface area contributed by atoms with Crippen molar-refractivity contribution in [3.05, 3.63) is 71.5 Å². The first-order chi connectivity index (χ1) is 14.3. The number of hydrogen-bond donors (Lipinski definition) is 0. The molecule has 0 radical (unpaired) electrons. The zero-order valence-electron chi connectivity index (χ0n) is 15.9. The monoisotopic (exact) mass is 460 g/mol. The van der Waals surface area contributed by atoms with E-state index in [1.54, 1.807) is 35.1 Å². The third kappa shape index (κ3) is 4.23. The van der Waals surface area contributed by atoms with Gasteiger partial charge in [0.2, 0.25) is 0 Å². The van der Waals surface area contributed by atoms with Gasteiger partial charge in [0.1, 0.15) is 5.52 Å². The molecule has 0 saturated carbocycles. The second-order valence-corrected chi connectivity index (χ2v) is 10.0. The van der Waals surface area contributed by atoms with Gasteiger partial charge in [-0.15, -0.1) is 0 Å². The van der Waals surface area contributed by atoms with Crippen LogP contribution >= 0.6 is 22.9 Å². The number of nitrogens with zero attached hydrogens (tertiary/aromatic N) is 4. The minimum atomic E-state index is -3.44. The molecule has 0 unspecified atom stereocenters. The maximum Gasteiger partial charge on any atom is 0.260 e. The van der Waals surface area contributed by atoms with E-state index in [0.29, 0.717) is 28.8 Å². The van der Waals surface area contributed by atoms with Crippen LogP contribution in [-0.4, -0.2) is 41.9 Å². The normalized spacial score (nSPS) is 11.7. The molecule has 0 spiro atoms. The predicted molar refractivity (Wildman–Crippen MR) is 118 cm³/mol. The number of benzene rings is 2. The van der Waals surface area contributed by atoms with Crippen LogP contribution in [0, 0.1) is 0 Å². The van der Waals surface area contributed by atoms with Crippen molar-refractivity contribution in [3.63, 3.8) is 0 Å². The summed E-state index contributed by atoms with van der Waals surface area (Å²) in [6, 6.07) is 13.3. The lowest BCUT2D eigenvalue weighted by atomic mass is 10.2. The Morgan fingerprint density at radius 2 is 2.00 bits per heavy atom. The maximum atomic E-state index is 13.4. The second kappa shape index (κ2) is 8.17. The number of carbonyl (C=O) groups is 1. The lowest BCUT2D eigenvalue weighted by Gasteiger charge is -2.20. The molecule has 0 bridgehead atoms. The molecule has 4 rings (SSSR count). The summed E-state index contributed by atoms with van der Waals surface area (Å²) < 4.78 is 26.4. The van der Waals surface area contributed by atoms with Crippen molar-refractivity contribution in [2.24, 2.45) is 0 Å². The molecule has 0 atom stereocenters. The molecule has 0 fully saturated rings. The van der Waals surface area contributed by atoms with Crippen LogP contribution in [-0.2, 0) is 16.4 Å². The molecule has 154 valence electrons. The maximum absolute atomic E-state index is 13.4. The van der Waals surface area contributed by atoms with Crippen LogP contribution in [0.4, 0.5) is 5.13 Å². The molecule has 2 aromatic heterocycles. The number of thiazole rings is 1. The minimum Gasteiger partial charge on any atom is -0.282 e. The fourth-order valence-electron chi connectivity index (χ4n) is 2.95. The number of carbonyl (C=O) groups excluding carboxylic acids is 1. The Bertz CT molecular complexity index is 1320. The number of sulfone groups is 1. The molecule has 7 nitrogen and oxygen atoms in total. The van der Waals surface area contributed by atoms with Crippen LogP contribution in [0.3, 0.4) is 0 Å². The van der Waals surface area contributed by atoms with E-state index >= 15 is 0 Å². The molecule has 30 heavy (non-hydrogen) atoms. The number of fused-ring (bicyclic) bond motifs is 1. The summed E-state index contributed by atoms with van der Waals surface area (Å²) in [5, 5.41) is 5.17. The van der Waals surface area contributed by atoms with Gasteiger partial charge in [0.25, 0.3) is 5.91 Å². The Kier molecular flexibility index (Phi) is 5.59. The third-order valence-electron chi connectivity index (χ3n) is 4.46.